The Hall–Kier alpha value is -2.89. The summed E-state index contributed by atoms with van der Waals surface area (Å²) in [5.41, 5.74) is -0.311. The Labute approximate surface area is 125 Å². The van der Waals surface area contributed by atoms with Crippen LogP contribution in [0, 0.1) is 6.92 Å². The summed E-state index contributed by atoms with van der Waals surface area (Å²) >= 11 is 0. The Morgan fingerprint density at radius 1 is 1.23 bits per heavy atom. The number of fused-ring (bicyclic) bond motifs is 1. The van der Waals surface area contributed by atoms with Gasteiger partial charge in [-0.2, -0.15) is 0 Å². The normalized spacial score (nSPS) is 11.0. The highest BCUT2D eigenvalue weighted by atomic mass is 16.3. The number of aromatic nitrogens is 3. The molecule has 0 aliphatic rings. The Balaban J connectivity index is 2.52. The van der Waals surface area contributed by atoms with Crippen molar-refractivity contribution in [2.75, 3.05) is 0 Å². The Kier molecular flexibility index (Phi) is 3.29. The van der Waals surface area contributed by atoms with Gasteiger partial charge in [0.25, 0.3) is 5.56 Å². The first-order valence-corrected chi connectivity index (χ1v) is 6.96. The van der Waals surface area contributed by atoms with Crippen LogP contribution in [0.25, 0.3) is 22.3 Å². The lowest BCUT2D eigenvalue weighted by atomic mass is 10.1. The molecule has 2 heterocycles. The van der Waals surface area contributed by atoms with Gasteiger partial charge in [0.1, 0.15) is 11.3 Å². The molecule has 6 nitrogen and oxygen atoms in total. The maximum atomic E-state index is 12.6. The van der Waals surface area contributed by atoms with Crippen molar-refractivity contribution < 1.29 is 5.11 Å². The van der Waals surface area contributed by atoms with Crippen LogP contribution in [0.1, 0.15) is 12.7 Å². The SMILES string of the molecule is CCn1c(C)nc2[nH]c(=O)c(-c3ccccc3)c(O)c(=O)c21. The number of aromatic amines is 1. The molecule has 0 fully saturated rings. The summed E-state index contributed by atoms with van der Waals surface area (Å²) in [5, 5.41) is 10.3. The number of benzene rings is 1. The molecule has 6 heteroatoms. The summed E-state index contributed by atoms with van der Waals surface area (Å²) in [7, 11) is 0. The van der Waals surface area contributed by atoms with E-state index in [4.69, 9.17) is 0 Å². The fourth-order valence-corrected chi connectivity index (χ4v) is 2.64. The molecule has 0 saturated carbocycles. The molecule has 22 heavy (non-hydrogen) atoms. The number of hydrogen-bond acceptors (Lipinski definition) is 4. The summed E-state index contributed by atoms with van der Waals surface area (Å²) in [4.78, 5) is 31.8. The smallest absolute Gasteiger partial charge is 0.261 e. The Bertz CT molecular complexity index is 972. The lowest BCUT2D eigenvalue weighted by Crippen LogP contribution is -2.09. The summed E-state index contributed by atoms with van der Waals surface area (Å²) < 4.78 is 1.67. The number of nitrogens with one attached hydrogen (secondary N) is 1. The van der Waals surface area contributed by atoms with Crippen molar-refractivity contribution in [2.24, 2.45) is 0 Å². The standard InChI is InChI=1S/C16H15N3O3/c1-3-19-9(2)17-15-12(19)14(21)13(20)11(16(22)18-15)10-7-5-4-6-8-10/h4-8H,3H2,1-2H3,(H,18,22)(H,20,21). The molecule has 3 aromatic rings. The number of rotatable bonds is 2. The lowest BCUT2D eigenvalue weighted by molar-refractivity contribution is 0.473. The van der Waals surface area contributed by atoms with Crippen molar-refractivity contribution in [3.8, 4) is 16.9 Å². The number of H-pyrrole nitrogens is 1. The molecular weight excluding hydrogens is 282 g/mol. The van der Waals surface area contributed by atoms with Crippen molar-refractivity contribution in [1.82, 2.24) is 14.5 Å². The van der Waals surface area contributed by atoms with Gasteiger partial charge in [-0.3, -0.25) is 9.59 Å². The van der Waals surface area contributed by atoms with Gasteiger partial charge in [0.2, 0.25) is 5.43 Å². The molecule has 3 rings (SSSR count). The second-order valence-electron chi connectivity index (χ2n) is 4.97. The zero-order valence-electron chi connectivity index (χ0n) is 12.3. The van der Waals surface area contributed by atoms with Gasteiger partial charge in [0.05, 0.1) is 5.56 Å². The van der Waals surface area contributed by atoms with Gasteiger partial charge in [0.15, 0.2) is 11.4 Å². The van der Waals surface area contributed by atoms with Gasteiger partial charge >= 0.3 is 0 Å². The molecule has 1 aromatic carbocycles. The maximum absolute atomic E-state index is 12.6. The number of imidazole rings is 1. The highest BCUT2D eigenvalue weighted by molar-refractivity contribution is 5.78. The molecule has 0 aliphatic carbocycles. The summed E-state index contributed by atoms with van der Waals surface area (Å²) in [6, 6.07) is 8.60. The van der Waals surface area contributed by atoms with E-state index in [1.165, 1.54) is 0 Å². The first-order chi connectivity index (χ1) is 10.5. The van der Waals surface area contributed by atoms with E-state index in [9.17, 15) is 14.7 Å². The zero-order chi connectivity index (χ0) is 15.9. The molecule has 0 bridgehead atoms. The molecule has 0 radical (unpaired) electrons. The molecule has 0 unspecified atom stereocenters. The molecule has 2 N–H and O–H groups in total. The summed E-state index contributed by atoms with van der Waals surface area (Å²) in [5.74, 6) is 0.0501. The van der Waals surface area contributed by atoms with E-state index < -0.39 is 16.7 Å². The highest BCUT2D eigenvalue weighted by Crippen LogP contribution is 2.22. The highest BCUT2D eigenvalue weighted by Gasteiger charge is 2.18. The van der Waals surface area contributed by atoms with Gasteiger partial charge in [-0.05, 0) is 19.4 Å². The molecule has 0 atom stereocenters. The van der Waals surface area contributed by atoms with Crippen LogP contribution in [-0.2, 0) is 6.54 Å². The van der Waals surface area contributed by atoms with E-state index in [1.54, 1.807) is 41.8 Å². The molecule has 0 spiro atoms. The molecule has 2 aromatic heterocycles. The Morgan fingerprint density at radius 3 is 2.55 bits per heavy atom. The monoisotopic (exact) mass is 297 g/mol. The molecule has 0 amide bonds. The Morgan fingerprint density at radius 2 is 1.91 bits per heavy atom. The van der Waals surface area contributed by atoms with Crippen LogP contribution >= 0.6 is 0 Å². The predicted octanol–water partition coefficient (Wildman–Crippen LogP) is 1.79. The number of aromatic hydroxyl groups is 1. The number of aryl methyl sites for hydroxylation is 2. The maximum Gasteiger partial charge on any atom is 0.261 e. The zero-order valence-corrected chi connectivity index (χ0v) is 12.3. The van der Waals surface area contributed by atoms with Gasteiger partial charge in [-0.1, -0.05) is 30.3 Å². The van der Waals surface area contributed by atoms with Gasteiger partial charge in [-0.25, -0.2) is 4.98 Å². The second kappa shape index (κ2) is 5.14. The van der Waals surface area contributed by atoms with E-state index in [2.05, 4.69) is 9.97 Å². The third-order valence-corrected chi connectivity index (χ3v) is 3.66. The van der Waals surface area contributed by atoms with Crippen LogP contribution in [-0.4, -0.2) is 19.6 Å². The van der Waals surface area contributed by atoms with E-state index in [0.29, 0.717) is 17.9 Å². The van der Waals surface area contributed by atoms with Crippen LogP contribution in [0.4, 0.5) is 0 Å². The van der Waals surface area contributed by atoms with Crippen LogP contribution in [0.3, 0.4) is 0 Å². The first kappa shape index (κ1) is 14.1. The van der Waals surface area contributed by atoms with Crippen LogP contribution in [0.5, 0.6) is 5.75 Å². The van der Waals surface area contributed by atoms with Crippen LogP contribution < -0.4 is 11.0 Å². The van der Waals surface area contributed by atoms with Crippen LogP contribution in [0.2, 0.25) is 0 Å². The predicted molar refractivity (Wildman–Crippen MR) is 84.1 cm³/mol. The van der Waals surface area contributed by atoms with E-state index in [1.807, 2.05) is 6.92 Å². The topological polar surface area (TPSA) is 88.0 Å². The van der Waals surface area contributed by atoms with Crippen molar-refractivity contribution in [2.45, 2.75) is 20.4 Å². The number of nitrogens with zero attached hydrogens (tertiary/aromatic N) is 2. The minimum Gasteiger partial charge on any atom is -0.503 e. The number of hydrogen-bond donors (Lipinski definition) is 2. The van der Waals surface area contributed by atoms with Gasteiger partial charge in [-0.15, -0.1) is 0 Å². The molecule has 112 valence electrons. The second-order valence-corrected chi connectivity index (χ2v) is 4.97. The minimum atomic E-state index is -0.602. The van der Waals surface area contributed by atoms with Crippen molar-refractivity contribution in [3.05, 3.63) is 56.7 Å². The quantitative estimate of drug-likeness (QED) is 0.754. The third kappa shape index (κ3) is 2.00. The van der Waals surface area contributed by atoms with Crippen molar-refractivity contribution in [3.63, 3.8) is 0 Å². The molecular formula is C16H15N3O3. The average molecular weight is 297 g/mol. The van der Waals surface area contributed by atoms with Crippen molar-refractivity contribution >= 4 is 11.2 Å². The third-order valence-electron chi connectivity index (χ3n) is 3.66. The first-order valence-electron chi connectivity index (χ1n) is 6.96. The van der Waals surface area contributed by atoms with E-state index in [-0.39, 0.29) is 16.7 Å². The average Bonchev–Trinajstić information content (AvgIpc) is 2.78. The van der Waals surface area contributed by atoms with E-state index >= 15 is 0 Å². The van der Waals surface area contributed by atoms with Crippen molar-refractivity contribution in [1.29, 1.82) is 0 Å². The largest absolute Gasteiger partial charge is 0.503 e. The van der Waals surface area contributed by atoms with Gasteiger partial charge in [0, 0.05) is 6.54 Å². The minimum absolute atomic E-state index is 0.0380. The summed E-state index contributed by atoms with van der Waals surface area (Å²) in [6.45, 7) is 4.13. The fourth-order valence-electron chi connectivity index (χ4n) is 2.64. The van der Waals surface area contributed by atoms with Crippen LogP contribution in [0.15, 0.2) is 39.9 Å². The molecule has 0 saturated heterocycles. The van der Waals surface area contributed by atoms with E-state index in [0.717, 1.165) is 0 Å². The fraction of sp³-hybridized carbons (Fsp3) is 0.188. The summed E-state index contributed by atoms with van der Waals surface area (Å²) in [6.07, 6.45) is 0. The van der Waals surface area contributed by atoms with Gasteiger partial charge < -0.3 is 14.7 Å². The lowest BCUT2D eigenvalue weighted by Gasteiger charge is -2.01. The molecule has 0 aliphatic heterocycles.